The Bertz CT molecular complexity index is 894. The second kappa shape index (κ2) is 10.1. The van der Waals surface area contributed by atoms with E-state index in [0.29, 0.717) is 42.6 Å². The van der Waals surface area contributed by atoms with Crippen molar-refractivity contribution in [2.45, 2.75) is 17.9 Å². The molecule has 0 aliphatic carbocycles. The maximum atomic E-state index is 12.4. The van der Waals surface area contributed by atoms with Crippen LogP contribution in [0.25, 0.3) is 0 Å². The van der Waals surface area contributed by atoms with E-state index in [2.05, 4.69) is 32.0 Å². The van der Waals surface area contributed by atoms with Crippen LogP contribution in [0.3, 0.4) is 0 Å². The molecule has 1 aliphatic heterocycles. The number of nitrogens with one attached hydrogen (secondary N) is 3. The van der Waals surface area contributed by atoms with Gasteiger partial charge in [-0.25, -0.2) is 9.78 Å². The zero-order valence-corrected chi connectivity index (χ0v) is 17.0. The lowest BCUT2D eigenvalue weighted by Gasteiger charge is -2.24. The summed E-state index contributed by atoms with van der Waals surface area (Å²) >= 11 is 1.43. The van der Waals surface area contributed by atoms with Crippen LogP contribution in [-0.4, -0.2) is 54.7 Å². The van der Waals surface area contributed by atoms with Crippen LogP contribution in [0.4, 0.5) is 16.3 Å². The van der Waals surface area contributed by atoms with Gasteiger partial charge in [0.15, 0.2) is 5.82 Å². The van der Waals surface area contributed by atoms with Crippen LogP contribution in [0.15, 0.2) is 29.4 Å². The second-order valence-electron chi connectivity index (χ2n) is 6.29. The van der Waals surface area contributed by atoms with Gasteiger partial charge in [-0.3, -0.25) is 10.3 Å². The third-order valence-electron chi connectivity index (χ3n) is 4.12. The van der Waals surface area contributed by atoms with E-state index >= 15 is 0 Å². The summed E-state index contributed by atoms with van der Waals surface area (Å²) in [5.41, 5.74) is 1.59. The fourth-order valence-corrected chi connectivity index (χ4v) is 3.22. The lowest BCUT2D eigenvalue weighted by molar-refractivity contribution is 0.000309. The molecule has 29 heavy (non-hydrogen) atoms. The van der Waals surface area contributed by atoms with Crippen LogP contribution in [0.5, 0.6) is 5.75 Å². The maximum Gasteiger partial charge on any atom is 0.325 e. The van der Waals surface area contributed by atoms with Crippen LogP contribution in [0.1, 0.15) is 11.3 Å². The van der Waals surface area contributed by atoms with Crippen LogP contribution in [0, 0.1) is 18.3 Å². The molecule has 1 unspecified atom stereocenters. The Morgan fingerprint density at radius 2 is 2.28 bits per heavy atom. The molecule has 1 aliphatic rings. The first-order chi connectivity index (χ1) is 14.1. The van der Waals surface area contributed by atoms with Crippen LogP contribution < -0.4 is 20.7 Å². The number of ether oxygens (including phenoxy) is 2. The maximum absolute atomic E-state index is 12.4. The molecule has 9 nitrogen and oxygen atoms in total. The standard InChI is InChI=1S/C19H22N6O3S/c1-12-8-23-18(10-22-12)25-19(26)24-15-5-13(7-20)17(29-2)6-16(15)28-11-14-9-21-3-4-27-14/h5-6,8,10,14,21H,3-4,9,11H2,1-2H3,(H2,23,24,25,26). The number of nitrogens with zero attached hydrogens (tertiary/aromatic N) is 3. The molecule has 152 valence electrons. The molecule has 1 saturated heterocycles. The summed E-state index contributed by atoms with van der Waals surface area (Å²) in [6, 6.07) is 4.98. The van der Waals surface area contributed by atoms with Crippen molar-refractivity contribution in [1.82, 2.24) is 15.3 Å². The molecule has 3 rings (SSSR count). The molecule has 1 aromatic carbocycles. The van der Waals surface area contributed by atoms with E-state index < -0.39 is 6.03 Å². The number of benzene rings is 1. The third-order valence-corrected chi connectivity index (χ3v) is 4.90. The van der Waals surface area contributed by atoms with Gasteiger partial charge in [-0.15, -0.1) is 11.8 Å². The summed E-state index contributed by atoms with van der Waals surface area (Å²) in [4.78, 5) is 21.4. The van der Waals surface area contributed by atoms with Crippen molar-refractivity contribution in [2.75, 3.05) is 43.2 Å². The summed E-state index contributed by atoms with van der Waals surface area (Å²) in [6.45, 7) is 4.28. The van der Waals surface area contributed by atoms with Gasteiger partial charge < -0.3 is 20.1 Å². The van der Waals surface area contributed by atoms with Crippen molar-refractivity contribution in [1.29, 1.82) is 5.26 Å². The minimum atomic E-state index is -0.510. The lowest BCUT2D eigenvalue weighted by atomic mass is 10.2. The monoisotopic (exact) mass is 414 g/mol. The predicted octanol–water partition coefficient (Wildman–Crippen LogP) is 2.39. The quantitative estimate of drug-likeness (QED) is 0.616. The minimum absolute atomic E-state index is 0.0818. The lowest BCUT2D eigenvalue weighted by Crippen LogP contribution is -2.41. The van der Waals surface area contributed by atoms with E-state index in [4.69, 9.17) is 9.47 Å². The highest BCUT2D eigenvalue weighted by Crippen LogP contribution is 2.33. The number of hydrogen-bond donors (Lipinski definition) is 3. The molecule has 2 aromatic rings. The highest BCUT2D eigenvalue weighted by molar-refractivity contribution is 7.98. The van der Waals surface area contributed by atoms with Gasteiger partial charge in [-0.1, -0.05) is 0 Å². The van der Waals surface area contributed by atoms with Gasteiger partial charge in [-0.2, -0.15) is 5.26 Å². The molecule has 2 heterocycles. The van der Waals surface area contributed by atoms with E-state index in [-0.39, 0.29) is 6.10 Å². The summed E-state index contributed by atoms with van der Waals surface area (Å²) in [6.07, 6.45) is 4.83. The Balaban J connectivity index is 1.75. The fraction of sp³-hybridized carbons (Fsp3) is 0.368. The number of hydrogen-bond acceptors (Lipinski definition) is 8. The Morgan fingerprint density at radius 3 is 2.93 bits per heavy atom. The van der Waals surface area contributed by atoms with Crippen molar-refractivity contribution in [2.24, 2.45) is 0 Å². The molecule has 0 radical (unpaired) electrons. The molecule has 1 aromatic heterocycles. The summed E-state index contributed by atoms with van der Waals surface area (Å²) in [5.74, 6) is 0.783. The van der Waals surface area contributed by atoms with Gasteiger partial charge in [0.05, 0.1) is 35.9 Å². The largest absolute Gasteiger partial charge is 0.489 e. The molecular formula is C19H22N6O3S. The van der Waals surface area contributed by atoms with Crippen LogP contribution in [-0.2, 0) is 4.74 Å². The van der Waals surface area contributed by atoms with Crippen LogP contribution >= 0.6 is 11.8 Å². The smallest absolute Gasteiger partial charge is 0.325 e. The Morgan fingerprint density at radius 1 is 1.41 bits per heavy atom. The number of aromatic nitrogens is 2. The van der Waals surface area contributed by atoms with Crippen molar-refractivity contribution < 1.29 is 14.3 Å². The van der Waals surface area contributed by atoms with E-state index in [1.54, 1.807) is 18.3 Å². The van der Waals surface area contributed by atoms with Gasteiger partial charge in [0, 0.05) is 18.0 Å². The van der Waals surface area contributed by atoms with Crippen molar-refractivity contribution in [3.8, 4) is 11.8 Å². The number of carbonyl (C=O) groups excluding carboxylic acids is 1. The molecule has 0 bridgehead atoms. The van der Waals surface area contributed by atoms with E-state index in [1.807, 2.05) is 13.2 Å². The first kappa shape index (κ1) is 20.9. The zero-order chi connectivity index (χ0) is 20.6. The first-order valence-electron chi connectivity index (χ1n) is 9.03. The number of thioether (sulfide) groups is 1. The predicted molar refractivity (Wildman–Crippen MR) is 110 cm³/mol. The molecule has 1 fully saturated rings. The molecule has 3 N–H and O–H groups in total. The highest BCUT2D eigenvalue weighted by atomic mass is 32.2. The Labute approximate surface area is 173 Å². The van der Waals surface area contributed by atoms with Crippen LogP contribution in [0.2, 0.25) is 0 Å². The number of amides is 2. The number of carbonyl (C=O) groups is 1. The van der Waals surface area contributed by atoms with Gasteiger partial charge in [0.25, 0.3) is 0 Å². The van der Waals surface area contributed by atoms with E-state index in [9.17, 15) is 10.1 Å². The number of morpholine rings is 1. The van der Waals surface area contributed by atoms with Crippen molar-refractivity contribution >= 4 is 29.3 Å². The first-order valence-corrected chi connectivity index (χ1v) is 10.3. The Hall–Kier alpha value is -2.87. The SMILES string of the molecule is CSc1cc(OCC2CNCCO2)c(NC(=O)Nc2cnc(C)cn2)cc1C#N. The third kappa shape index (κ3) is 5.80. The summed E-state index contributed by atoms with van der Waals surface area (Å²) in [7, 11) is 0. The van der Waals surface area contributed by atoms with Crippen molar-refractivity contribution in [3.63, 3.8) is 0 Å². The van der Waals surface area contributed by atoms with E-state index in [1.165, 1.54) is 18.0 Å². The molecule has 2 amide bonds. The van der Waals surface area contributed by atoms with E-state index in [0.717, 1.165) is 17.1 Å². The summed E-state index contributed by atoms with van der Waals surface area (Å²) in [5, 5.41) is 18.0. The van der Waals surface area contributed by atoms with Gasteiger partial charge in [0.1, 0.15) is 24.5 Å². The molecule has 10 heteroatoms. The zero-order valence-electron chi connectivity index (χ0n) is 16.2. The Kier molecular flexibility index (Phi) is 7.24. The van der Waals surface area contributed by atoms with Gasteiger partial charge in [-0.05, 0) is 25.3 Å². The summed E-state index contributed by atoms with van der Waals surface area (Å²) < 4.78 is 11.6. The number of rotatable bonds is 6. The second-order valence-corrected chi connectivity index (χ2v) is 7.14. The number of anilines is 2. The average Bonchev–Trinajstić information content (AvgIpc) is 2.74. The molecular weight excluding hydrogens is 392 g/mol. The normalized spacial score (nSPS) is 16.0. The highest BCUT2D eigenvalue weighted by Gasteiger charge is 2.18. The molecule has 0 spiro atoms. The minimum Gasteiger partial charge on any atom is -0.489 e. The topological polar surface area (TPSA) is 121 Å². The molecule has 1 atom stereocenters. The fourth-order valence-electron chi connectivity index (χ4n) is 2.67. The number of urea groups is 1. The van der Waals surface area contributed by atoms with Gasteiger partial charge in [0.2, 0.25) is 0 Å². The number of aryl methyl sites for hydroxylation is 1. The average molecular weight is 414 g/mol. The number of nitriles is 1. The van der Waals surface area contributed by atoms with Crippen molar-refractivity contribution in [3.05, 3.63) is 35.8 Å². The molecule has 0 saturated carbocycles. The van der Waals surface area contributed by atoms with Gasteiger partial charge >= 0.3 is 6.03 Å².